The van der Waals surface area contributed by atoms with Crippen molar-refractivity contribution in [1.82, 2.24) is 0 Å². The van der Waals surface area contributed by atoms with Crippen molar-refractivity contribution in [2.45, 2.75) is 83.8 Å². The molecular formula is C15H31NO6S. The van der Waals surface area contributed by atoms with E-state index in [0.29, 0.717) is 0 Å². The molecule has 0 heterocycles. The summed E-state index contributed by atoms with van der Waals surface area (Å²) in [7, 11) is -4.52. The van der Waals surface area contributed by atoms with Gasteiger partial charge in [-0.2, -0.15) is 8.42 Å². The van der Waals surface area contributed by atoms with Gasteiger partial charge in [-0.25, -0.2) is 4.18 Å². The molecule has 0 amide bonds. The predicted octanol–water partition coefficient (Wildman–Crippen LogP) is 2.60. The molecule has 7 nitrogen and oxygen atoms in total. The number of ether oxygens (including phenoxy) is 1. The Hall–Kier alpha value is -0.700. The first-order chi connectivity index (χ1) is 10.7. The van der Waals surface area contributed by atoms with Crippen molar-refractivity contribution in [3.8, 4) is 0 Å². The van der Waals surface area contributed by atoms with E-state index in [-0.39, 0.29) is 12.5 Å². The van der Waals surface area contributed by atoms with E-state index in [1.165, 1.54) is 39.0 Å². The van der Waals surface area contributed by atoms with Gasteiger partial charge in [0.1, 0.15) is 12.7 Å². The minimum atomic E-state index is -4.52. The van der Waals surface area contributed by atoms with E-state index >= 15 is 0 Å². The monoisotopic (exact) mass is 353 g/mol. The lowest BCUT2D eigenvalue weighted by molar-refractivity contribution is -0.150. The summed E-state index contributed by atoms with van der Waals surface area (Å²) in [4.78, 5) is 11.6. The molecule has 2 atom stereocenters. The lowest BCUT2D eigenvalue weighted by Gasteiger charge is -2.15. The van der Waals surface area contributed by atoms with Crippen LogP contribution in [0.15, 0.2) is 0 Å². The third kappa shape index (κ3) is 16.0. The summed E-state index contributed by atoms with van der Waals surface area (Å²) in [5, 5.41) is 0. The number of hydrogen-bond donors (Lipinski definition) is 2. The molecule has 0 aromatic rings. The van der Waals surface area contributed by atoms with Crippen LogP contribution in [-0.4, -0.2) is 37.7 Å². The van der Waals surface area contributed by atoms with Gasteiger partial charge in [-0.3, -0.25) is 9.35 Å². The Bertz CT molecular complexity index is 412. The molecule has 0 aromatic carbocycles. The van der Waals surface area contributed by atoms with Crippen LogP contribution in [0, 0.1) is 0 Å². The van der Waals surface area contributed by atoms with Crippen molar-refractivity contribution in [3.05, 3.63) is 0 Å². The van der Waals surface area contributed by atoms with Crippen LogP contribution in [0.3, 0.4) is 0 Å². The molecule has 0 aliphatic heterocycles. The summed E-state index contributed by atoms with van der Waals surface area (Å²) in [5.41, 5.74) is 5.89. The standard InChI is InChI=1S/C15H31NO6S/c1-3-4-5-6-7-8-9-10-14(16)11-15(17)22-13(2)12-21-23(18,19)20/h13-14H,3-12,16H2,1-2H3,(H,18,19,20). The van der Waals surface area contributed by atoms with Crippen LogP contribution in [0.5, 0.6) is 0 Å². The topological polar surface area (TPSA) is 116 Å². The molecule has 2 unspecified atom stereocenters. The second-order valence-electron chi connectivity index (χ2n) is 5.89. The fraction of sp³-hybridized carbons (Fsp3) is 0.933. The molecule has 0 aliphatic rings. The Morgan fingerprint density at radius 1 is 1.13 bits per heavy atom. The van der Waals surface area contributed by atoms with E-state index in [4.69, 9.17) is 15.0 Å². The van der Waals surface area contributed by atoms with Crippen LogP contribution in [0.1, 0.15) is 71.6 Å². The van der Waals surface area contributed by atoms with Crippen LogP contribution in [0.4, 0.5) is 0 Å². The van der Waals surface area contributed by atoms with Crippen LogP contribution in [0.25, 0.3) is 0 Å². The van der Waals surface area contributed by atoms with E-state index < -0.39 is 29.1 Å². The van der Waals surface area contributed by atoms with Gasteiger partial charge in [-0.1, -0.05) is 51.9 Å². The highest BCUT2D eigenvalue weighted by Crippen LogP contribution is 2.11. The first-order valence-electron chi connectivity index (χ1n) is 8.31. The van der Waals surface area contributed by atoms with E-state index in [9.17, 15) is 13.2 Å². The average molecular weight is 353 g/mol. The van der Waals surface area contributed by atoms with Crippen molar-refractivity contribution in [2.24, 2.45) is 5.73 Å². The maximum absolute atomic E-state index is 11.6. The lowest BCUT2D eigenvalue weighted by Crippen LogP contribution is -2.28. The lowest BCUT2D eigenvalue weighted by atomic mass is 10.0. The third-order valence-electron chi connectivity index (χ3n) is 3.39. The summed E-state index contributed by atoms with van der Waals surface area (Å²) >= 11 is 0. The fourth-order valence-electron chi connectivity index (χ4n) is 2.17. The molecule has 0 rings (SSSR count). The van der Waals surface area contributed by atoms with Gasteiger partial charge in [-0.05, 0) is 13.3 Å². The molecule has 8 heteroatoms. The second kappa shape index (κ2) is 12.7. The van der Waals surface area contributed by atoms with Crippen LogP contribution >= 0.6 is 0 Å². The molecule has 0 saturated heterocycles. The van der Waals surface area contributed by atoms with Gasteiger partial charge >= 0.3 is 16.4 Å². The first-order valence-corrected chi connectivity index (χ1v) is 9.68. The molecule has 0 fully saturated rings. The SMILES string of the molecule is CCCCCCCCCC(N)CC(=O)OC(C)COS(=O)(=O)O. The summed E-state index contributed by atoms with van der Waals surface area (Å²) in [6.07, 6.45) is 8.43. The zero-order valence-corrected chi connectivity index (χ0v) is 15.0. The summed E-state index contributed by atoms with van der Waals surface area (Å²) in [6, 6.07) is -0.257. The zero-order chi connectivity index (χ0) is 17.7. The Morgan fingerprint density at radius 2 is 1.70 bits per heavy atom. The van der Waals surface area contributed by atoms with Crippen molar-refractivity contribution >= 4 is 16.4 Å². The van der Waals surface area contributed by atoms with Crippen molar-refractivity contribution in [1.29, 1.82) is 0 Å². The van der Waals surface area contributed by atoms with Crippen molar-refractivity contribution in [3.63, 3.8) is 0 Å². The molecule has 3 N–H and O–H groups in total. The van der Waals surface area contributed by atoms with E-state index in [1.54, 1.807) is 0 Å². The van der Waals surface area contributed by atoms with E-state index in [0.717, 1.165) is 19.3 Å². The molecular weight excluding hydrogens is 322 g/mol. The Labute approximate surface area is 139 Å². The number of esters is 1. The van der Waals surface area contributed by atoms with Gasteiger partial charge in [0.2, 0.25) is 0 Å². The van der Waals surface area contributed by atoms with Crippen molar-refractivity contribution in [2.75, 3.05) is 6.61 Å². The molecule has 0 radical (unpaired) electrons. The summed E-state index contributed by atoms with van der Waals surface area (Å²) in [5.74, 6) is -0.494. The van der Waals surface area contributed by atoms with Gasteiger partial charge in [0, 0.05) is 6.04 Å². The fourth-order valence-corrected chi connectivity index (χ4v) is 2.53. The first kappa shape index (κ1) is 22.3. The number of rotatable bonds is 14. The Balaban J connectivity index is 3.68. The maximum atomic E-state index is 11.6. The van der Waals surface area contributed by atoms with Gasteiger partial charge in [-0.15, -0.1) is 0 Å². The Kier molecular flexibility index (Phi) is 12.3. The molecule has 138 valence electrons. The van der Waals surface area contributed by atoms with Crippen LogP contribution < -0.4 is 5.73 Å². The Morgan fingerprint density at radius 3 is 2.26 bits per heavy atom. The molecule has 0 aromatic heterocycles. The summed E-state index contributed by atoms with van der Waals surface area (Å²) in [6.45, 7) is 3.25. The highest BCUT2D eigenvalue weighted by atomic mass is 32.3. The summed E-state index contributed by atoms with van der Waals surface area (Å²) < 4.78 is 38.3. The molecule has 0 spiro atoms. The largest absolute Gasteiger partial charge is 0.460 e. The van der Waals surface area contributed by atoms with Gasteiger partial charge in [0.25, 0.3) is 0 Å². The highest BCUT2D eigenvalue weighted by molar-refractivity contribution is 7.80. The van der Waals surface area contributed by atoms with Gasteiger partial charge in [0.05, 0.1) is 6.42 Å². The van der Waals surface area contributed by atoms with Crippen molar-refractivity contribution < 1.29 is 26.7 Å². The minimum absolute atomic E-state index is 0.0893. The van der Waals surface area contributed by atoms with E-state index in [2.05, 4.69) is 11.1 Å². The maximum Gasteiger partial charge on any atom is 0.397 e. The number of unbranched alkanes of at least 4 members (excludes halogenated alkanes) is 6. The zero-order valence-electron chi connectivity index (χ0n) is 14.2. The second-order valence-corrected chi connectivity index (χ2v) is 6.98. The average Bonchev–Trinajstić information content (AvgIpc) is 2.43. The molecule has 0 saturated carbocycles. The third-order valence-corrected chi connectivity index (χ3v) is 3.83. The number of hydrogen-bond acceptors (Lipinski definition) is 6. The number of carbonyl (C=O) groups is 1. The minimum Gasteiger partial charge on any atom is -0.460 e. The molecule has 23 heavy (non-hydrogen) atoms. The van der Waals surface area contributed by atoms with Crippen LogP contribution in [0.2, 0.25) is 0 Å². The highest BCUT2D eigenvalue weighted by Gasteiger charge is 2.16. The number of nitrogens with two attached hydrogens (primary N) is 1. The normalized spacial score (nSPS) is 14.4. The predicted molar refractivity (Wildman–Crippen MR) is 88.3 cm³/mol. The number of carbonyl (C=O) groups excluding carboxylic acids is 1. The van der Waals surface area contributed by atoms with Crippen LogP contribution in [-0.2, 0) is 24.1 Å². The molecule has 0 aliphatic carbocycles. The smallest absolute Gasteiger partial charge is 0.397 e. The van der Waals surface area contributed by atoms with E-state index in [1.807, 2.05) is 0 Å². The molecule has 0 bridgehead atoms. The quantitative estimate of drug-likeness (QED) is 0.280. The van der Waals surface area contributed by atoms with Gasteiger partial charge < -0.3 is 10.5 Å². The van der Waals surface area contributed by atoms with Gasteiger partial charge in [0.15, 0.2) is 0 Å².